The highest BCUT2D eigenvalue weighted by Crippen LogP contribution is 2.12. The second-order valence-electron chi connectivity index (χ2n) is 4.13. The molecule has 0 heterocycles. The van der Waals surface area contributed by atoms with Gasteiger partial charge < -0.3 is 0 Å². The Morgan fingerprint density at radius 1 is 1.39 bits per heavy atom. The van der Waals surface area contributed by atoms with Gasteiger partial charge in [-0.05, 0) is 37.5 Å². The van der Waals surface area contributed by atoms with Gasteiger partial charge in [-0.1, -0.05) is 18.2 Å². The molecule has 0 aliphatic carbocycles. The summed E-state index contributed by atoms with van der Waals surface area (Å²) < 4.78 is 26.6. The average Bonchev–Trinajstić information content (AvgIpc) is 2.29. The second-order valence-corrected chi connectivity index (χ2v) is 6.22. The molecular weight excluding hydrogens is 270 g/mol. The summed E-state index contributed by atoms with van der Waals surface area (Å²) in [5.41, 5.74) is 1.03. The van der Waals surface area contributed by atoms with Crippen molar-refractivity contribution < 1.29 is 8.42 Å². The van der Waals surface area contributed by atoms with Gasteiger partial charge in [-0.25, -0.2) is 13.1 Å². The fourth-order valence-corrected chi connectivity index (χ4v) is 3.05. The van der Waals surface area contributed by atoms with Crippen LogP contribution in [0.3, 0.4) is 0 Å². The first kappa shape index (κ1) is 15.2. The van der Waals surface area contributed by atoms with E-state index in [2.05, 4.69) is 11.3 Å². The van der Waals surface area contributed by atoms with Gasteiger partial charge in [0.1, 0.15) is 0 Å². The molecular formula is C13H18ClNO2S. The first-order chi connectivity index (χ1) is 8.49. The second kappa shape index (κ2) is 6.92. The SMILES string of the molecule is C=CCC(C)NS(=O)(=O)c1ccc(CCCl)cc1. The number of sulfonamides is 1. The summed E-state index contributed by atoms with van der Waals surface area (Å²) in [4.78, 5) is 0.275. The number of halogens is 1. The van der Waals surface area contributed by atoms with Gasteiger partial charge in [-0.2, -0.15) is 0 Å². The van der Waals surface area contributed by atoms with Crippen LogP contribution in [0.25, 0.3) is 0 Å². The molecule has 1 aromatic rings. The molecule has 0 saturated carbocycles. The van der Waals surface area contributed by atoms with E-state index >= 15 is 0 Å². The smallest absolute Gasteiger partial charge is 0.208 e. The Kier molecular flexibility index (Phi) is 5.85. The van der Waals surface area contributed by atoms with Crippen LogP contribution in [0.4, 0.5) is 0 Å². The third-order valence-electron chi connectivity index (χ3n) is 2.49. The van der Waals surface area contributed by atoms with Crippen molar-refractivity contribution in [3.8, 4) is 0 Å². The van der Waals surface area contributed by atoms with Crippen molar-refractivity contribution in [2.45, 2.75) is 30.7 Å². The molecule has 3 nitrogen and oxygen atoms in total. The van der Waals surface area contributed by atoms with E-state index in [1.807, 2.05) is 0 Å². The molecule has 0 aliphatic rings. The lowest BCUT2D eigenvalue weighted by Gasteiger charge is -2.12. The summed E-state index contributed by atoms with van der Waals surface area (Å²) in [6, 6.07) is 6.62. The molecule has 100 valence electrons. The molecule has 1 unspecified atom stereocenters. The van der Waals surface area contributed by atoms with Crippen molar-refractivity contribution >= 4 is 21.6 Å². The van der Waals surface area contributed by atoms with Crippen LogP contribution in [-0.2, 0) is 16.4 Å². The van der Waals surface area contributed by atoms with Gasteiger partial charge in [0.15, 0.2) is 0 Å². The highest BCUT2D eigenvalue weighted by molar-refractivity contribution is 7.89. The highest BCUT2D eigenvalue weighted by Gasteiger charge is 2.16. The Morgan fingerprint density at radius 3 is 2.50 bits per heavy atom. The maximum Gasteiger partial charge on any atom is 0.240 e. The highest BCUT2D eigenvalue weighted by atomic mass is 35.5. The molecule has 1 N–H and O–H groups in total. The van der Waals surface area contributed by atoms with Crippen molar-refractivity contribution in [2.75, 3.05) is 5.88 Å². The Balaban J connectivity index is 2.81. The van der Waals surface area contributed by atoms with E-state index in [4.69, 9.17) is 11.6 Å². The lowest BCUT2D eigenvalue weighted by atomic mass is 10.2. The van der Waals surface area contributed by atoms with E-state index in [0.717, 1.165) is 12.0 Å². The Morgan fingerprint density at radius 2 is 2.00 bits per heavy atom. The molecule has 0 spiro atoms. The van der Waals surface area contributed by atoms with Gasteiger partial charge in [-0.3, -0.25) is 0 Å². The Hall–Kier alpha value is -0.840. The number of nitrogens with one attached hydrogen (secondary N) is 1. The maximum absolute atomic E-state index is 12.0. The summed E-state index contributed by atoms with van der Waals surface area (Å²) in [5.74, 6) is 0.528. The molecule has 1 atom stereocenters. The lowest BCUT2D eigenvalue weighted by Crippen LogP contribution is -2.32. The number of hydrogen-bond donors (Lipinski definition) is 1. The minimum atomic E-state index is -3.44. The van der Waals surface area contributed by atoms with E-state index in [1.165, 1.54) is 0 Å². The van der Waals surface area contributed by atoms with Crippen molar-refractivity contribution in [3.05, 3.63) is 42.5 Å². The topological polar surface area (TPSA) is 46.2 Å². The van der Waals surface area contributed by atoms with Crippen LogP contribution in [0.15, 0.2) is 41.8 Å². The number of aryl methyl sites for hydroxylation is 1. The standard InChI is InChI=1S/C13H18ClNO2S/c1-3-4-11(2)15-18(16,17)13-7-5-12(6-8-13)9-10-14/h3,5-8,11,15H,1,4,9-10H2,2H3. The monoisotopic (exact) mass is 287 g/mol. The zero-order valence-electron chi connectivity index (χ0n) is 10.4. The van der Waals surface area contributed by atoms with Crippen LogP contribution < -0.4 is 4.72 Å². The predicted molar refractivity (Wildman–Crippen MR) is 75.5 cm³/mol. The molecule has 0 aromatic heterocycles. The number of benzene rings is 1. The van der Waals surface area contributed by atoms with E-state index in [-0.39, 0.29) is 10.9 Å². The molecule has 5 heteroatoms. The first-order valence-corrected chi connectivity index (χ1v) is 7.79. The zero-order chi connectivity index (χ0) is 13.6. The average molecular weight is 288 g/mol. The lowest BCUT2D eigenvalue weighted by molar-refractivity contribution is 0.562. The first-order valence-electron chi connectivity index (χ1n) is 5.77. The molecule has 0 bridgehead atoms. The third-order valence-corrected chi connectivity index (χ3v) is 4.29. The van der Waals surface area contributed by atoms with E-state index in [1.54, 1.807) is 37.3 Å². The van der Waals surface area contributed by atoms with Crippen molar-refractivity contribution in [3.63, 3.8) is 0 Å². The van der Waals surface area contributed by atoms with Crippen LogP contribution in [0, 0.1) is 0 Å². The van der Waals surface area contributed by atoms with Gasteiger partial charge in [0.25, 0.3) is 0 Å². The zero-order valence-corrected chi connectivity index (χ0v) is 12.0. The van der Waals surface area contributed by atoms with Crippen molar-refractivity contribution in [1.82, 2.24) is 4.72 Å². The van der Waals surface area contributed by atoms with E-state index in [9.17, 15) is 8.42 Å². The van der Waals surface area contributed by atoms with E-state index < -0.39 is 10.0 Å². The molecule has 18 heavy (non-hydrogen) atoms. The number of alkyl halides is 1. The molecule has 0 amide bonds. The minimum Gasteiger partial charge on any atom is -0.208 e. The van der Waals surface area contributed by atoms with Crippen LogP contribution in [-0.4, -0.2) is 20.3 Å². The summed E-state index contributed by atoms with van der Waals surface area (Å²) in [5, 5.41) is 0. The molecule has 1 rings (SSSR count). The van der Waals surface area contributed by atoms with Gasteiger partial charge in [0.2, 0.25) is 10.0 Å². The predicted octanol–water partition coefficient (Wildman–Crippen LogP) is 2.71. The molecule has 0 saturated heterocycles. The Bertz CT molecular complexity index is 482. The fourth-order valence-electron chi connectivity index (χ4n) is 1.58. The summed E-state index contributed by atoms with van der Waals surface area (Å²) >= 11 is 5.63. The third kappa shape index (κ3) is 4.44. The number of rotatable bonds is 7. The maximum atomic E-state index is 12.0. The van der Waals surface area contributed by atoms with Gasteiger partial charge in [0.05, 0.1) is 4.90 Å². The summed E-state index contributed by atoms with van der Waals surface area (Å²) in [6.07, 6.45) is 3.03. The van der Waals surface area contributed by atoms with Crippen LogP contribution >= 0.6 is 11.6 Å². The van der Waals surface area contributed by atoms with Crippen molar-refractivity contribution in [2.24, 2.45) is 0 Å². The molecule has 0 fully saturated rings. The summed E-state index contributed by atoms with van der Waals surface area (Å²) in [6.45, 7) is 5.39. The molecule has 0 aliphatic heterocycles. The van der Waals surface area contributed by atoms with E-state index in [0.29, 0.717) is 12.3 Å². The van der Waals surface area contributed by atoms with Crippen LogP contribution in [0.1, 0.15) is 18.9 Å². The molecule has 0 radical (unpaired) electrons. The van der Waals surface area contributed by atoms with Gasteiger partial charge in [-0.15, -0.1) is 18.2 Å². The number of hydrogen-bond acceptors (Lipinski definition) is 2. The normalized spacial score (nSPS) is 13.2. The quantitative estimate of drug-likeness (QED) is 0.619. The molecule has 1 aromatic carbocycles. The van der Waals surface area contributed by atoms with Crippen LogP contribution in [0.5, 0.6) is 0 Å². The van der Waals surface area contributed by atoms with Crippen LogP contribution in [0.2, 0.25) is 0 Å². The Labute approximate surface area is 114 Å². The van der Waals surface area contributed by atoms with Gasteiger partial charge in [0, 0.05) is 11.9 Å². The fraction of sp³-hybridized carbons (Fsp3) is 0.385. The largest absolute Gasteiger partial charge is 0.240 e. The van der Waals surface area contributed by atoms with Crippen molar-refractivity contribution in [1.29, 1.82) is 0 Å². The van der Waals surface area contributed by atoms with Gasteiger partial charge >= 0.3 is 0 Å². The summed E-state index contributed by atoms with van der Waals surface area (Å²) in [7, 11) is -3.44. The minimum absolute atomic E-state index is 0.157.